The molecule has 3 aliphatic rings. The number of morpholine rings is 1. The molecule has 4 amide bonds. The van der Waals surface area contributed by atoms with Crippen molar-refractivity contribution in [3.05, 3.63) is 52.6 Å². The van der Waals surface area contributed by atoms with Gasteiger partial charge in [0.15, 0.2) is 0 Å². The number of amides is 4. The van der Waals surface area contributed by atoms with E-state index in [9.17, 15) is 19.2 Å². The Morgan fingerprint density at radius 2 is 1.74 bits per heavy atom. The molecule has 1 atom stereocenters. The van der Waals surface area contributed by atoms with Gasteiger partial charge in [-0.1, -0.05) is 0 Å². The molecule has 2 aromatic carbocycles. The van der Waals surface area contributed by atoms with Gasteiger partial charge in [-0.15, -0.1) is 0 Å². The van der Waals surface area contributed by atoms with Crippen molar-refractivity contribution in [1.82, 2.24) is 19.6 Å². The molecule has 4 heterocycles. The Bertz CT molecular complexity index is 1600. The summed E-state index contributed by atoms with van der Waals surface area (Å²) < 4.78 is 29.5. The maximum absolute atomic E-state index is 15.4. The van der Waals surface area contributed by atoms with Crippen LogP contribution in [0.2, 0.25) is 0 Å². The van der Waals surface area contributed by atoms with E-state index in [4.69, 9.17) is 9.47 Å². The van der Waals surface area contributed by atoms with Crippen molar-refractivity contribution >= 4 is 46.0 Å². The number of halogens is 1. The predicted molar refractivity (Wildman–Crippen MR) is 153 cm³/mol. The van der Waals surface area contributed by atoms with Gasteiger partial charge in [0, 0.05) is 38.8 Å². The fourth-order valence-electron chi connectivity index (χ4n) is 5.62. The first kappa shape index (κ1) is 27.6. The van der Waals surface area contributed by atoms with Crippen LogP contribution >= 0.6 is 0 Å². The summed E-state index contributed by atoms with van der Waals surface area (Å²) in [6.45, 7) is 5.45. The van der Waals surface area contributed by atoms with Crippen LogP contribution in [0.4, 0.5) is 31.0 Å². The molecule has 0 spiro atoms. The van der Waals surface area contributed by atoms with Gasteiger partial charge in [0.2, 0.25) is 5.91 Å². The number of nitrogens with one attached hydrogen (secondary N) is 2. The zero-order valence-electron chi connectivity index (χ0n) is 23.2. The quantitative estimate of drug-likeness (QED) is 0.470. The smallest absolute Gasteiger partial charge is 0.414 e. The fraction of sp³-hybridized carbons (Fsp3) is 0.429. The molecular formula is C28H32FN7O6. The molecule has 13 nitrogen and oxygen atoms in total. The lowest BCUT2D eigenvalue weighted by Crippen LogP contribution is -2.43. The maximum atomic E-state index is 15.4. The van der Waals surface area contributed by atoms with E-state index < -0.39 is 18.0 Å². The van der Waals surface area contributed by atoms with Crippen molar-refractivity contribution in [3.8, 4) is 0 Å². The maximum Gasteiger partial charge on any atom is 0.414 e. The average molecular weight is 582 g/mol. The second kappa shape index (κ2) is 11.4. The van der Waals surface area contributed by atoms with Crippen molar-refractivity contribution in [2.75, 3.05) is 67.6 Å². The number of aromatic nitrogens is 2. The van der Waals surface area contributed by atoms with Crippen molar-refractivity contribution in [3.63, 3.8) is 0 Å². The van der Waals surface area contributed by atoms with Crippen LogP contribution in [0, 0.1) is 5.82 Å². The fourth-order valence-corrected chi connectivity index (χ4v) is 5.62. The molecule has 3 aliphatic heterocycles. The largest absolute Gasteiger partial charge is 0.442 e. The first-order valence-electron chi connectivity index (χ1n) is 13.9. The van der Waals surface area contributed by atoms with Crippen LogP contribution in [0.15, 0.2) is 41.2 Å². The Labute approximate surface area is 240 Å². The second-order valence-electron chi connectivity index (χ2n) is 10.5. The highest BCUT2D eigenvalue weighted by Crippen LogP contribution is 2.29. The monoisotopic (exact) mass is 581 g/mol. The third kappa shape index (κ3) is 5.36. The van der Waals surface area contributed by atoms with Gasteiger partial charge in [0.05, 0.1) is 61.7 Å². The number of fused-ring (bicyclic) bond motifs is 3. The standard InChI is InChI=1S/C28H32FN7O6/c1-18(37)30-16-21-17-34(28(40)42-21)20-3-5-25(23(29)15-20)32-6-8-35-24-4-2-19(14-22(24)26(38)36(35)9-7-32)31-27(39)33-10-12-41-13-11-33/h2-5,14-15,21H,6-13,16-17H2,1H3,(H,30,37)(H,31,39)/t21-/m0/s1. The first-order valence-corrected chi connectivity index (χ1v) is 13.9. The first-order chi connectivity index (χ1) is 20.3. The Morgan fingerprint density at radius 3 is 2.48 bits per heavy atom. The van der Waals surface area contributed by atoms with Gasteiger partial charge in [0.25, 0.3) is 5.56 Å². The molecule has 2 fully saturated rings. The molecule has 0 saturated carbocycles. The third-order valence-electron chi connectivity index (χ3n) is 7.78. The molecule has 222 valence electrons. The van der Waals surface area contributed by atoms with Crippen molar-refractivity contribution in [2.24, 2.45) is 0 Å². The molecule has 14 heteroatoms. The Hall–Kier alpha value is -4.59. The number of rotatable bonds is 5. The third-order valence-corrected chi connectivity index (χ3v) is 7.78. The van der Waals surface area contributed by atoms with Gasteiger partial charge in [-0.3, -0.25) is 19.2 Å². The van der Waals surface area contributed by atoms with E-state index in [0.717, 1.165) is 5.52 Å². The highest BCUT2D eigenvalue weighted by Gasteiger charge is 2.33. The topological polar surface area (TPSA) is 130 Å². The van der Waals surface area contributed by atoms with Crippen molar-refractivity contribution in [1.29, 1.82) is 0 Å². The number of urea groups is 1. The Kier molecular flexibility index (Phi) is 7.45. The van der Waals surface area contributed by atoms with E-state index in [1.807, 2.05) is 15.6 Å². The summed E-state index contributed by atoms with van der Waals surface area (Å²) >= 11 is 0. The Balaban J connectivity index is 1.14. The van der Waals surface area contributed by atoms with Crippen LogP contribution in [0.5, 0.6) is 0 Å². The van der Waals surface area contributed by atoms with E-state index in [0.29, 0.717) is 74.9 Å². The zero-order valence-corrected chi connectivity index (χ0v) is 23.2. The summed E-state index contributed by atoms with van der Waals surface area (Å²) in [5, 5.41) is 6.00. The minimum atomic E-state index is -0.596. The van der Waals surface area contributed by atoms with Crippen LogP contribution in [0.3, 0.4) is 0 Å². The number of hydrogen-bond donors (Lipinski definition) is 2. The van der Waals surface area contributed by atoms with E-state index in [-0.39, 0.29) is 30.6 Å². The highest BCUT2D eigenvalue weighted by molar-refractivity contribution is 5.93. The van der Waals surface area contributed by atoms with Gasteiger partial charge < -0.3 is 29.9 Å². The van der Waals surface area contributed by atoms with Crippen LogP contribution in [0.25, 0.3) is 10.9 Å². The minimum Gasteiger partial charge on any atom is -0.442 e. The van der Waals surface area contributed by atoms with Gasteiger partial charge in [-0.25, -0.2) is 18.7 Å². The summed E-state index contributed by atoms with van der Waals surface area (Å²) in [5.41, 5.74) is 1.85. The van der Waals surface area contributed by atoms with E-state index in [1.54, 1.807) is 33.8 Å². The number of ether oxygens (including phenoxy) is 2. The van der Waals surface area contributed by atoms with Gasteiger partial charge in [-0.2, -0.15) is 0 Å². The molecule has 3 aromatic rings. The summed E-state index contributed by atoms with van der Waals surface area (Å²) in [6, 6.07) is 9.67. The van der Waals surface area contributed by atoms with E-state index in [1.165, 1.54) is 17.9 Å². The molecule has 6 rings (SSSR count). The highest BCUT2D eigenvalue weighted by atomic mass is 19.1. The average Bonchev–Trinajstić information content (AvgIpc) is 3.38. The Morgan fingerprint density at radius 1 is 0.976 bits per heavy atom. The van der Waals surface area contributed by atoms with E-state index >= 15 is 4.39 Å². The molecule has 0 aliphatic carbocycles. The minimum absolute atomic E-state index is 0.175. The van der Waals surface area contributed by atoms with Crippen LogP contribution < -0.4 is 26.0 Å². The zero-order chi connectivity index (χ0) is 29.4. The lowest BCUT2D eigenvalue weighted by atomic mass is 10.2. The number of carbonyl (C=O) groups excluding carboxylic acids is 3. The molecule has 42 heavy (non-hydrogen) atoms. The number of carbonyl (C=O) groups is 3. The number of hydrogen-bond acceptors (Lipinski definition) is 7. The number of benzene rings is 2. The lowest BCUT2D eigenvalue weighted by molar-refractivity contribution is -0.119. The normalized spacial score (nSPS) is 19.0. The van der Waals surface area contributed by atoms with Gasteiger partial charge >= 0.3 is 12.1 Å². The van der Waals surface area contributed by atoms with Crippen LogP contribution in [0.1, 0.15) is 6.92 Å². The number of anilines is 3. The van der Waals surface area contributed by atoms with Gasteiger partial charge in [0.1, 0.15) is 11.9 Å². The molecule has 0 bridgehead atoms. The molecular weight excluding hydrogens is 549 g/mol. The van der Waals surface area contributed by atoms with Crippen LogP contribution in [-0.2, 0) is 27.4 Å². The molecule has 2 saturated heterocycles. The molecule has 2 N–H and O–H groups in total. The summed E-state index contributed by atoms with van der Waals surface area (Å²) in [4.78, 5) is 54.4. The second-order valence-corrected chi connectivity index (χ2v) is 10.5. The molecule has 1 aromatic heterocycles. The van der Waals surface area contributed by atoms with Gasteiger partial charge in [-0.05, 0) is 36.4 Å². The summed E-state index contributed by atoms with van der Waals surface area (Å²) in [5.74, 6) is -0.716. The predicted octanol–water partition coefficient (Wildman–Crippen LogP) is 1.79. The van der Waals surface area contributed by atoms with Crippen LogP contribution in [-0.4, -0.2) is 90.9 Å². The summed E-state index contributed by atoms with van der Waals surface area (Å²) in [7, 11) is 0. The van der Waals surface area contributed by atoms with E-state index in [2.05, 4.69) is 10.6 Å². The summed E-state index contributed by atoms with van der Waals surface area (Å²) in [6.07, 6.45) is -1.11. The van der Waals surface area contributed by atoms with Crippen molar-refractivity contribution in [2.45, 2.75) is 26.1 Å². The SMILES string of the molecule is CC(=O)NC[C@H]1CN(c2ccc(N3CCn4c(=O)c5cc(NC(=O)N6CCOCC6)ccc5n4CC3)c(F)c2)C(=O)O1. The number of cyclic esters (lactones) is 1. The number of nitrogens with zero attached hydrogens (tertiary/aromatic N) is 5. The molecule has 0 radical (unpaired) electrons. The van der Waals surface area contributed by atoms with Crippen molar-refractivity contribution < 1.29 is 28.2 Å². The molecule has 0 unspecified atom stereocenters. The lowest BCUT2D eigenvalue weighted by Gasteiger charge is -2.26.